The smallest absolute Gasteiger partial charge is 0.290 e. The number of nitrogens with one attached hydrogen (secondary N) is 3. The molecule has 0 saturated heterocycles. The molecule has 3 N–H and O–H groups in total. The molecule has 0 aliphatic carbocycles. The Hall–Kier alpha value is -3.10. The summed E-state index contributed by atoms with van der Waals surface area (Å²) in [6, 6.07) is 11.1. The van der Waals surface area contributed by atoms with E-state index in [4.69, 9.17) is 27.9 Å². The van der Waals surface area contributed by atoms with Gasteiger partial charge in [-0.05, 0) is 31.2 Å². The Morgan fingerprint density at radius 3 is 2.54 bits per heavy atom. The molecular weight excluding hydrogens is 407 g/mol. The summed E-state index contributed by atoms with van der Waals surface area (Å²) in [6.07, 6.45) is -0.959. The highest BCUT2D eigenvalue weighted by Gasteiger charge is 2.19. The number of carbonyl (C=O) groups is 2. The van der Waals surface area contributed by atoms with Crippen LogP contribution in [0.2, 0.25) is 10.0 Å². The van der Waals surface area contributed by atoms with Crippen molar-refractivity contribution < 1.29 is 14.3 Å². The van der Waals surface area contributed by atoms with Crippen LogP contribution in [0.3, 0.4) is 0 Å². The van der Waals surface area contributed by atoms with Gasteiger partial charge in [0.2, 0.25) is 0 Å². The predicted molar refractivity (Wildman–Crippen MR) is 105 cm³/mol. The molecule has 1 aromatic heterocycles. The van der Waals surface area contributed by atoms with Gasteiger partial charge in [-0.25, -0.2) is 5.10 Å². The van der Waals surface area contributed by atoms with Crippen LogP contribution in [0.5, 0.6) is 5.75 Å². The molecule has 2 amide bonds. The van der Waals surface area contributed by atoms with Crippen LogP contribution in [0, 0.1) is 0 Å². The molecule has 0 radical (unpaired) electrons. The highest BCUT2D eigenvalue weighted by atomic mass is 35.5. The average Bonchev–Trinajstić information content (AvgIpc) is 2.68. The number of amides is 2. The van der Waals surface area contributed by atoms with Gasteiger partial charge in [0, 0.05) is 10.4 Å². The maximum absolute atomic E-state index is 12.4. The molecule has 0 bridgehead atoms. The first-order valence-electron chi connectivity index (χ1n) is 8.06. The minimum atomic E-state index is -0.959. The lowest BCUT2D eigenvalue weighted by Crippen LogP contribution is -2.47. The molecule has 0 saturated carbocycles. The van der Waals surface area contributed by atoms with Crippen LogP contribution in [-0.4, -0.2) is 28.1 Å². The molecule has 0 aliphatic rings. The molecule has 28 heavy (non-hydrogen) atoms. The van der Waals surface area contributed by atoms with Gasteiger partial charge in [0.1, 0.15) is 5.75 Å². The number of halogens is 2. The maximum atomic E-state index is 12.4. The Morgan fingerprint density at radius 1 is 1.11 bits per heavy atom. The third-order valence-electron chi connectivity index (χ3n) is 3.78. The van der Waals surface area contributed by atoms with Gasteiger partial charge in [-0.2, -0.15) is 5.10 Å². The number of benzene rings is 2. The summed E-state index contributed by atoms with van der Waals surface area (Å²) in [5.41, 5.74) is 4.03. The molecule has 3 aromatic rings. The fourth-order valence-electron chi connectivity index (χ4n) is 2.38. The Labute approximate surface area is 168 Å². The number of ether oxygens (including phenoxy) is 1. The zero-order valence-electron chi connectivity index (χ0n) is 14.5. The number of carbonyl (C=O) groups excluding carboxylic acids is 2. The first kappa shape index (κ1) is 19.7. The molecule has 0 spiro atoms. The molecule has 144 valence electrons. The third-order valence-corrected chi connectivity index (χ3v) is 4.31. The molecule has 10 heteroatoms. The SMILES string of the molecule is CC(Oc1ccc(Cl)cc1Cl)C(=O)NNC(=O)c1n[nH]c(=O)c2ccccc12. The van der Waals surface area contributed by atoms with Crippen molar-refractivity contribution in [3.8, 4) is 5.75 Å². The zero-order valence-corrected chi connectivity index (χ0v) is 16.0. The van der Waals surface area contributed by atoms with Gasteiger partial charge in [0.15, 0.2) is 11.8 Å². The predicted octanol–water partition coefficient (Wildman–Crippen LogP) is 2.46. The number of hydrogen-bond donors (Lipinski definition) is 3. The van der Waals surface area contributed by atoms with Crippen LogP contribution in [0.25, 0.3) is 10.8 Å². The van der Waals surface area contributed by atoms with Crippen molar-refractivity contribution in [1.29, 1.82) is 0 Å². The molecule has 8 nitrogen and oxygen atoms in total. The molecule has 1 unspecified atom stereocenters. The lowest BCUT2D eigenvalue weighted by atomic mass is 10.1. The van der Waals surface area contributed by atoms with Crippen molar-refractivity contribution in [1.82, 2.24) is 21.0 Å². The summed E-state index contributed by atoms with van der Waals surface area (Å²) < 4.78 is 5.47. The van der Waals surface area contributed by atoms with Gasteiger partial charge >= 0.3 is 0 Å². The van der Waals surface area contributed by atoms with E-state index in [-0.39, 0.29) is 16.5 Å². The van der Waals surface area contributed by atoms with E-state index in [0.717, 1.165) is 0 Å². The van der Waals surface area contributed by atoms with E-state index in [2.05, 4.69) is 21.0 Å². The van der Waals surface area contributed by atoms with E-state index in [0.29, 0.717) is 15.8 Å². The Kier molecular flexibility index (Phi) is 5.81. The minimum Gasteiger partial charge on any atom is -0.479 e. The van der Waals surface area contributed by atoms with E-state index in [1.807, 2.05) is 0 Å². The Bertz CT molecular complexity index is 1120. The molecule has 1 heterocycles. The van der Waals surface area contributed by atoms with Crippen LogP contribution < -0.4 is 21.1 Å². The quantitative estimate of drug-likeness (QED) is 0.561. The second-order valence-corrected chi connectivity index (χ2v) is 6.57. The minimum absolute atomic E-state index is 0.0372. The van der Waals surface area contributed by atoms with Crippen molar-refractivity contribution in [2.75, 3.05) is 0 Å². The zero-order chi connectivity index (χ0) is 20.3. The number of fused-ring (bicyclic) bond motifs is 1. The molecule has 1 atom stereocenters. The fraction of sp³-hybridized carbons (Fsp3) is 0.111. The van der Waals surface area contributed by atoms with Crippen molar-refractivity contribution in [2.24, 2.45) is 0 Å². The fourth-order valence-corrected chi connectivity index (χ4v) is 2.83. The van der Waals surface area contributed by atoms with Crippen molar-refractivity contribution in [3.05, 3.63) is 68.6 Å². The highest BCUT2D eigenvalue weighted by molar-refractivity contribution is 6.35. The first-order chi connectivity index (χ1) is 13.4. The summed E-state index contributed by atoms with van der Waals surface area (Å²) in [5.74, 6) is -1.04. The summed E-state index contributed by atoms with van der Waals surface area (Å²) >= 11 is 11.8. The monoisotopic (exact) mass is 420 g/mol. The van der Waals surface area contributed by atoms with E-state index in [1.54, 1.807) is 30.3 Å². The van der Waals surface area contributed by atoms with Crippen molar-refractivity contribution in [2.45, 2.75) is 13.0 Å². The van der Waals surface area contributed by atoms with Crippen LogP contribution in [0.15, 0.2) is 47.3 Å². The highest BCUT2D eigenvalue weighted by Crippen LogP contribution is 2.28. The van der Waals surface area contributed by atoms with Crippen molar-refractivity contribution in [3.63, 3.8) is 0 Å². The van der Waals surface area contributed by atoms with Crippen LogP contribution >= 0.6 is 23.2 Å². The topological polar surface area (TPSA) is 113 Å². The van der Waals surface area contributed by atoms with Crippen LogP contribution in [0.1, 0.15) is 17.4 Å². The molecular formula is C18H14Cl2N4O4. The molecule has 3 rings (SSSR count). The molecule has 0 aliphatic heterocycles. The number of H-pyrrole nitrogens is 1. The van der Waals surface area contributed by atoms with E-state index >= 15 is 0 Å². The molecule has 0 fully saturated rings. The van der Waals surface area contributed by atoms with Crippen molar-refractivity contribution >= 4 is 45.8 Å². The number of aromatic nitrogens is 2. The number of aromatic amines is 1. The summed E-state index contributed by atoms with van der Waals surface area (Å²) in [7, 11) is 0. The van der Waals surface area contributed by atoms with Crippen LogP contribution in [-0.2, 0) is 4.79 Å². The van der Waals surface area contributed by atoms with E-state index in [9.17, 15) is 14.4 Å². The lowest BCUT2D eigenvalue weighted by molar-refractivity contribution is -0.128. The van der Waals surface area contributed by atoms with E-state index < -0.39 is 23.5 Å². The molecule has 2 aromatic carbocycles. The summed E-state index contributed by atoms with van der Waals surface area (Å²) in [5, 5.41) is 7.35. The summed E-state index contributed by atoms with van der Waals surface area (Å²) in [4.78, 5) is 36.3. The second-order valence-electron chi connectivity index (χ2n) is 5.73. The van der Waals surface area contributed by atoms with E-state index in [1.165, 1.54) is 19.1 Å². The first-order valence-corrected chi connectivity index (χ1v) is 8.81. The number of nitrogens with zero attached hydrogens (tertiary/aromatic N) is 1. The van der Waals surface area contributed by atoms with Gasteiger partial charge in [0.25, 0.3) is 17.4 Å². The van der Waals surface area contributed by atoms with Gasteiger partial charge in [0.05, 0.1) is 10.4 Å². The Balaban J connectivity index is 1.67. The number of hydrogen-bond acceptors (Lipinski definition) is 5. The average molecular weight is 421 g/mol. The normalized spacial score (nSPS) is 11.7. The van der Waals surface area contributed by atoms with Gasteiger partial charge in [-0.15, -0.1) is 0 Å². The van der Waals surface area contributed by atoms with Gasteiger partial charge in [-0.3, -0.25) is 25.2 Å². The maximum Gasteiger partial charge on any atom is 0.290 e. The third kappa shape index (κ3) is 4.24. The standard InChI is InChI=1S/C18H14Cl2N4O4/c1-9(28-14-7-6-10(19)8-13(14)20)16(25)22-24-18(27)15-11-4-2-3-5-12(11)17(26)23-21-15/h2-9H,1H3,(H,22,25)(H,23,26)(H,24,27). The number of rotatable bonds is 4. The summed E-state index contributed by atoms with van der Waals surface area (Å²) in [6.45, 7) is 1.49. The van der Waals surface area contributed by atoms with Crippen LogP contribution in [0.4, 0.5) is 0 Å². The Morgan fingerprint density at radius 2 is 1.82 bits per heavy atom. The van der Waals surface area contributed by atoms with Gasteiger partial charge in [-0.1, -0.05) is 41.4 Å². The lowest BCUT2D eigenvalue weighted by Gasteiger charge is -2.16. The number of hydrazine groups is 1. The second kappa shape index (κ2) is 8.28. The largest absolute Gasteiger partial charge is 0.479 e. The van der Waals surface area contributed by atoms with Gasteiger partial charge < -0.3 is 4.74 Å².